The van der Waals surface area contributed by atoms with Crippen LogP contribution in [0.2, 0.25) is 0 Å². The molecule has 2 aliphatic heterocycles. The van der Waals surface area contributed by atoms with E-state index in [4.69, 9.17) is 4.98 Å². The molecule has 3 heterocycles. The van der Waals surface area contributed by atoms with E-state index < -0.39 is 17.8 Å². The first-order chi connectivity index (χ1) is 15.9. The number of hydrogen-bond donors (Lipinski definition) is 0. The van der Waals surface area contributed by atoms with Gasteiger partial charge in [0.25, 0.3) is 0 Å². The van der Waals surface area contributed by atoms with Gasteiger partial charge in [-0.1, -0.05) is 31.9 Å². The number of amides is 5. The van der Waals surface area contributed by atoms with E-state index in [1.165, 1.54) is 4.70 Å². The Bertz CT molecular complexity index is 1070. The summed E-state index contributed by atoms with van der Waals surface area (Å²) in [5, 5.41) is 1.09. The van der Waals surface area contributed by atoms with E-state index in [0.717, 1.165) is 52.4 Å². The van der Waals surface area contributed by atoms with Crippen molar-refractivity contribution in [2.24, 2.45) is 5.92 Å². The number of rotatable bonds is 4. The summed E-state index contributed by atoms with van der Waals surface area (Å²) < 4.78 is 1.17. The molecule has 8 nitrogen and oxygen atoms in total. The predicted molar refractivity (Wildman–Crippen MR) is 124 cm³/mol. The molecule has 2 saturated heterocycles. The van der Waals surface area contributed by atoms with Gasteiger partial charge < -0.3 is 4.90 Å². The minimum Gasteiger partial charge on any atom is -0.341 e. The average Bonchev–Trinajstić information content (AvgIpc) is 3.35. The summed E-state index contributed by atoms with van der Waals surface area (Å²) in [5.74, 6) is -1.50. The van der Waals surface area contributed by atoms with Crippen molar-refractivity contribution in [2.75, 3.05) is 19.6 Å². The summed E-state index contributed by atoms with van der Waals surface area (Å²) in [6.07, 6.45) is 5.22. The first-order valence-electron chi connectivity index (χ1n) is 11.8. The molecule has 1 aromatic heterocycles. The monoisotopic (exact) mass is 468 g/mol. The maximum Gasteiger partial charge on any atom is 0.334 e. The highest BCUT2D eigenvalue weighted by atomic mass is 32.1. The lowest BCUT2D eigenvalue weighted by Gasteiger charge is -2.34. The Labute approximate surface area is 196 Å². The van der Waals surface area contributed by atoms with Crippen molar-refractivity contribution in [3.05, 3.63) is 29.3 Å². The summed E-state index contributed by atoms with van der Waals surface area (Å²) in [7, 11) is 0. The van der Waals surface area contributed by atoms with Crippen molar-refractivity contribution in [1.82, 2.24) is 19.7 Å². The van der Waals surface area contributed by atoms with E-state index in [1.54, 1.807) is 16.2 Å². The predicted octanol–water partition coefficient (Wildman–Crippen LogP) is 3.37. The molecule has 0 radical (unpaired) electrons. The molecule has 174 valence electrons. The van der Waals surface area contributed by atoms with Crippen molar-refractivity contribution in [3.63, 3.8) is 0 Å². The molecule has 33 heavy (non-hydrogen) atoms. The Morgan fingerprint density at radius 3 is 2.48 bits per heavy atom. The van der Waals surface area contributed by atoms with Crippen LogP contribution in [-0.4, -0.2) is 69.1 Å². The molecule has 2 atom stereocenters. The number of thiazole rings is 1. The largest absolute Gasteiger partial charge is 0.341 e. The fourth-order valence-electron chi connectivity index (χ4n) is 5.31. The molecule has 0 unspecified atom stereocenters. The number of urea groups is 1. The Hall–Kier alpha value is -2.81. The highest BCUT2D eigenvalue weighted by Gasteiger charge is 2.49. The van der Waals surface area contributed by atoms with Crippen LogP contribution in [0.15, 0.2) is 24.3 Å². The normalized spacial score (nSPS) is 24.9. The lowest BCUT2D eigenvalue weighted by atomic mass is 9.85. The molecule has 1 aromatic carbocycles. The zero-order chi connectivity index (χ0) is 23.1. The van der Waals surface area contributed by atoms with E-state index in [9.17, 15) is 19.2 Å². The fraction of sp³-hybridized carbons (Fsp3) is 0.542. The van der Waals surface area contributed by atoms with Crippen molar-refractivity contribution in [3.8, 4) is 0 Å². The van der Waals surface area contributed by atoms with Crippen LogP contribution >= 0.6 is 11.3 Å². The molecule has 3 fully saturated rings. The third kappa shape index (κ3) is 4.03. The number of nitrogens with zero attached hydrogens (tertiary/aromatic N) is 4. The summed E-state index contributed by atoms with van der Waals surface area (Å²) >= 11 is 1.70. The smallest absolute Gasteiger partial charge is 0.334 e. The summed E-state index contributed by atoms with van der Waals surface area (Å²) in [6, 6.07) is 7.17. The van der Waals surface area contributed by atoms with E-state index in [-0.39, 0.29) is 24.4 Å². The third-order valence-corrected chi connectivity index (χ3v) is 8.48. The number of carbonyl (C=O) groups is 4. The number of fused-ring (bicyclic) bond motifs is 1. The second kappa shape index (κ2) is 8.85. The molecule has 2 aromatic rings. The van der Waals surface area contributed by atoms with Crippen molar-refractivity contribution < 1.29 is 19.2 Å². The van der Waals surface area contributed by atoms with Crippen LogP contribution < -0.4 is 0 Å². The van der Waals surface area contributed by atoms with Crippen LogP contribution in [0.4, 0.5) is 4.79 Å². The van der Waals surface area contributed by atoms with Gasteiger partial charge in [-0.3, -0.25) is 19.3 Å². The molecular weight excluding hydrogens is 440 g/mol. The number of para-hydroxylation sites is 1. The van der Waals surface area contributed by atoms with Gasteiger partial charge in [0.1, 0.15) is 6.54 Å². The van der Waals surface area contributed by atoms with Gasteiger partial charge in [-0.05, 0) is 43.7 Å². The minimum absolute atomic E-state index is 0.164. The van der Waals surface area contributed by atoms with E-state index >= 15 is 0 Å². The standard InChI is InChI=1S/C24H28N4O4S/c1-15-6-2-4-8-18(15)28-23(31)22(30)27(24(28)32)14-20(29)26-12-10-16(11-13-26)21-25-17-7-3-5-9-19(17)33-21/h3,5,7,9,15-16,18H,2,4,6,8,10-14H2,1H3/t15-,18-/m0/s1. The van der Waals surface area contributed by atoms with Gasteiger partial charge in [-0.15, -0.1) is 11.3 Å². The fourth-order valence-corrected chi connectivity index (χ4v) is 6.45. The van der Waals surface area contributed by atoms with Crippen LogP contribution in [0, 0.1) is 5.92 Å². The molecule has 3 aliphatic rings. The Kier molecular flexibility index (Phi) is 5.90. The molecule has 1 aliphatic carbocycles. The Morgan fingerprint density at radius 1 is 1.03 bits per heavy atom. The van der Waals surface area contributed by atoms with Gasteiger partial charge >= 0.3 is 17.8 Å². The Morgan fingerprint density at radius 2 is 1.76 bits per heavy atom. The number of likely N-dealkylation sites (tertiary alicyclic amines) is 1. The number of benzene rings is 1. The molecule has 0 N–H and O–H groups in total. The van der Waals surface area contributed by atoms with Crippen LogP contribution in [0.25, 0.3) is 10.2 Å². The van der Waals surface area contributed by atoms with Crippen molar-refractivity contribution >= 4 is 45.3 Å². The van der Waals surface area contributed by atoms with Crippen LogP contribution in [-0.2, 0) is 14.4 Å². The SMILES string of the molecule is C[C@H]1CCCC[C@@H]1N1C(=O)C(=O)N(CC(=O)N2CCC(c3nc4ccccc4s3)CC2)C1=O. The van der Waals surface area contributed by atoms with E-state index in [1.807, 2.05) is 25.1 Å². The zero-order valence-corrected chi connectivity index (χ0v) is 19.6. The summed E-state index contributed by atoms with van der Waals surface area (Å²) in [4.78, 5) is 59.4. The Balaban J connectivity index is 1.20. The quantitative estimate of drug-likeness (QED) is 0.507. The number of hydrogen-bond acceptors (Lipinski definition) is 6. The molecule has 0 spiro atoms. The van der Waals surface area contributed by atoms with Crippen LogP contribution in [0.3, 0.4) is 0 Å². The highest BCUT2D eigenvalue weighted by Crippen LogP contribution is 2.34. The topological polar surface area (TPSA) is 90.9 Å². The number of piperidine rings is 1. The van der Waals surface area contributed by atoms with Crippen LogP contribution in [0.1, 0.15) is 56.4 Å². The molecule has 0 bridgehead atoms. The number of imide groups is 2. The second-order valence-corrected chi connectivity index (χ2v) is 10.4. The maximum absolute atomic E-state index is 12.9. The molecule has 5 amide bonds. The molecule has 5 rings (SSSR count). The van der Waals surface area contributed by atoms with Gasteiger partial charge in [0.15, 0.2) is 0 Å². The van der Waals surface area contributed by atoms with Gasteiger partial charge in [-0.2, -0.15) is 0 Å². The highest BCUT2D eigenvalue weighted by molar-refractivity contribution is 7.18. The molecular formula is C24H28N4O4S. The van der Waals surface area contributed by atoms with Crippen molar-refractivity contribution in [1.29, 1.82) is 0 Å². The number of carbonyl (C=O) groups excluding carboxylic acids is 4. The summed E-state index contributed by atoms with van der Waals surface area (Å²) in [6.45, 7) is 2.74. The van der Waals surface area contributed by atoms with E-state index in [2.05, 4.69) is 6.07 Å². The first-order valence-corrected chi connectivity index (χ1v) is 12.6. The first kappa shape index (κ1) is 22.0. The van der Waals surface area contributed by atoms with Gasteiger partial charge in [-0.25, -0.2) is 14.7 Å². The van der Waals surface area contributed by atoms with Gasteiger partial charge in [0.05, 0.1) is 15.2 Å². The lowest BCUT2D eigenvalue weighted by Crippen LogP contribution is -2.48. The number of aromatic nitrogens is 1. The molecule has 9 heteroatoms. The lowest BCUT2D eigenvalue weighted by molar-refractivity contribution is -0.146. The van der Waals surface area contributed by atoms with Gasteiger partial charge in [0, 0.05) is 25.0 Å². The van der Waals surface area contributed by atoms with Crippen molar-refractivity contribution in [2.45, 2.75) is 57.4 Å². The average molecular weight is 469 g/mol. The third-order valence-electron chi connectivity index (χ3n) is 7.28. The maximum atomic E-state index is 12.9. The second-order valence-electron chi connectivity index (χ2n) is 9.35. The van der Waals surface area contributed by atoms with E-state index in [0.29, 0.717) is 25.4 Å². The molecule has 1 saturated carbocycles. The van der Waals surface area contributed by atoms with Gasteiger partial charge in [0.2, 0.25) is 5.91 Å². The minimum atomic E-state index is -0.879. The summed E-state index contributed by atoms with van der Waals surface area (Å²) in [5.41, 5.74) is 1.00. The van der Waals surface area contributed by atoms with Crippen LogP contribution in [0.5, 0.6) is 0 Å². The zero-order valence-electron chi connectivity index (χ0n) is 18.7.